The lowest BCUT2D eigenvalue weighted by molar-refractivity contribution is 0.342. The van der Waals surface area contributed by atoms with Gasteiger partial charge in [0, 0.05) is 45.0 Å². The van der Waals surface area contributed by atoms with E-state index < -0.39 is 10.2 Å². The van der Waals surface area contributed by atoms with Crippen LogP contribution in [0.2, 0.25) is 0 Å². The zero-order valence-corrected chi connectivity index (χ0v) is 14.6. The third-order valence-electron chi connectivity index (χ3n) is 4.29. The predicted octanol–water partition coefficient (Wildman–Crippen LogP) is 1.79. The van der Waals surface area contributed by atoms with Gasteiger partial charge in [-0.25, -0.2) is 9.71 Å². The van der Waals surface area contributed by atoms with Crippen LogP contribution in [0.25, 0.3) is 0 Å². The molecule has 1 aromatic heterocycles. The Kier molecular flexibility index (Phi) is 5.65. The molecular weight excluding hydrogens is 324 g/mol. The number of nitrogens with one attached hydrogen (secondary N) is 1. The summed E-state index contributed by atoms with van der Waals surface area (Å²) in [4.78, 5) is 4.36. The number of aromatic nitrogens is 2. The molecule has 1 fully saturated rings. The molecule has 0 spiro atoms. The standard InChI is InChI=1S/C17H24N4O2S/c22-24(23,21-12-5-2-6-13-21)19-10-9-17-18-11-14-20(17)15-16-7-3-1-4-8-16/h1,3-4,7-8,11,14,19H,2,5-6,9-10,12-13,15H2. The topological polar surface area (TPSA) is 67.2 Å². The largest absolute Gasteiger partial charge is 0.330 e. The second-order valence-corrected chi connectivity index (χ2v) is 7.82. The zero-order valence-electron chi connectivity index (χ0n) is 13.8. The van der Waals surface area contributed by atoms with Crippen LogP contribution in [0.3, 0.4) is 0 Å². The molecule has 0 amide bonds. The fraction of sp³-hybridized carbons (Fsp3) is 0.471. The van der Waals surface area contributed by atoms with Gasteiger partial charge in [-0.3, -0.25) is 0 Å². The van der Waals surface area contributed by atoms with E-state index in [1.54, 1.807) is 10.5 Å². The zero-order chi connectivity index (χ0) is 16.8. The molecule has 1 aliphatic rings. The Labute approximate surface area is 143 Å². The number of piperidine rings is 1. The molecule has 0 saturated carbocycles. The molecule has 2 aromatic rings. The maximum Gasteiger partial charge on any atom is 0.279 e. The molecule has 3 rings (SSSR count). The minimum absolute atomic E-state index is 0.366. The molecule has 1 N–H and O–H groups in total. The molecule has 0 unspecified atom stereocenters. The number of nitrogens with zero attached hydrogens (tertiary/aromatic N) is 3. The molecule has 6 nitrogen and oxygen atoms in total. The average Bonchev–Trinajstić information content (AvgIpc) is 3.03. The molecule has 1 aromatic carbocycles. The second kappa shape index (κ2) is 7.92. The first-order valence-electron chi connectivity index (χ1n) is 8.44. The Hall–Kier alpha value is -1.70. The highest BCUT2D eigenvalue weighted by Gasteiger charge is 2.23. The quantitative estimate of drug-likeness (QED) is 0.829. The van der Waals surface area contributed by atoms with Gasteiger partial charge in [0.15, 0.2) is 0 Å². The summed E-state index contributed by atoms with van der Waals surface area (Å²) in [5.74, 6) is 0.889. The Morgan fingerprint density at radius 1 is 1.08 bits per heavy atom. The molecule has 0 atom stereocenters. The number of imidazole rings is 1. The summed E-state index contributed by atoms with van der Waals surface area (Å²) in [6.45, 7) is 2.36. The highest BCUT2D eigenvalue weighted by atomic mass is 32.2. The second-order valence-electron chi connectivity index (χ2n) is 6.07. The lowest BCUT2D eigenvalue weighted by Crippen LogP contribution is -2.44. The molecule has 2 heterocycles. The van der Waals surface area contributed by atoms with Crippen LogP contribution in [0.4, 0.5) is 0 Å². The average molecular weight is 348 g/mol. The van der Waals surface area contributed by atoms with Crippen LogP contribution >= 0.6 is 0 Å². The number of benzene rings is 1. The first-order chi connectivity index (χ1) is 11.6. The van der Waals surface area contributed by atoms with Crippen molar-refractivity contribution in [3.8, 4) is 0 Å². The fourth-order valence-corrected chi connectivity index (χ4v) is 4.26. The number of hydrogen-bond donors (Lipinski definition) is 1. The Morgan fingerprint density at radius 2 is 1.83 bits per heavy atom. The third kappa shape index (κ3) is 4.43. The van der Waals surface area contributed by atoms with E-state index in [0.717, 1.165) is 31.6 Å². The first-order valence-corrected chi connectivity index (χ1v) is 9.88. The van der Waals surface area contributed by atoms with Crippen molar-refractivity contribution in [2.24, 2.45) is 0 Å². The summed E-state index contributed by atoms with van der Waals surface area (Å²) in [7, 11) is -3.36. The van der Waals surface area contributed by atoms with E-state index in [1.807, 2.05) is 24.4 Å². The predicted molar refractivity (Wildman–Crippen MR) is 93.8 cm³/mol. The maximum atomic E-state index is 12.3. The van der Waals surface area contributed by atoms with Gasteiger partial charge in [-0.15, -0.1) is 0 Å². The normalized spacial score (nSPS) is 16.3. The summed E-state index contributed by atoms with van der Waals surface area (Å²) in [6.07, 6.45) is 7.28. The summed E-state index contributed by atoms with van der Waals surface area (Å²) >= 11 is 0. The van der Waals surface area contributed by atoms with Crippen molar-refractivity contribution >= 4 is 10.2 Å². The van der Waals surface area contributed by atoms with Crippen LogP contribution in [0.5, 0.6) is 0 Å². The van der Waals surface area contributed by atoms with Crippen LogP contribution in [-0.2, 0) is 23.2 Å². The minimum atomic E-state index is -3.36. The monoisotopic (exact) mass is 348 g/mol. The van der Waals surface area contributed by atoms with Crippen molar-refractivity contribution in [2.45, 2.75) is 32.2 Å². The molecule has 0 bridgehead atoms. The van der Waals surface area contributed by atoms with Crippen molar-refractivity contribution in [3.63, 3.8) is 0 Å². The SMILES string of the molecule is O=S(=O)(NCCc1nccn1Cc1ccccc1)N1CCCCC1. The third-order valence-corrected chi connectivity index (χ3v) is 5.90. The fourth-order valence-electron chi connectivity index (χ4n) is 2.98. The van der Waals surface area contributed by atoms with E-state index in [-0.39, 0.29) is 0 Å². The van der Waals surface area contributed by atoms with Crippen LogP contribution in [-0.4, -0.2) is 41.9 Å². The van der Waals surface area contributed by atoms with Gasteiger partial charge in [0.2, 0.25) is 0 Å². The van der Waals surface area contributed by atoms with Gasteiger partial charge in [-0.05, 0) is 18.4 Å². The van der Waals surface area contributed by atoms with E-state index in [9.17, 15) is 8.42 Å². The van der Waals surface area contributed by atoms with Crippen LogP contribution in [0.1, 0.15) is 30.7 Å². The van der Waals surface area contributed by atoms with Crippen molar-refractivity contribution in [2.75, 3.05) is 19.6 Å². The number of rotatable bonds is 7. The summed E-state index contributed by atoms with van der Waals surface area (Å²) in [6, 6.07) is 10.2. The lowest BCUT2D eigenvalue weighted by atomic mass is 10.2. The van der Waals surface area contributed by atoms with Crippen molar-refractivity contribution in [1.82, 2.24) is 18.6 Å². The van der Waals surface area contributed by atoms with Crippen LogP contribution in [0, 0.1) is 0 Å². The summed E-state index contributed by atoms with van der Waals surface area (Å²) in [5.41, 5.74) is 1.20. The molecule has 1 aliphatic heterocycles. The Bertz CT molecular complexity index is 737. The Balaban J connectivity index is 1.55. The van der Waals surface area contributed by atoms with Gasteiger partial charge in [-0.2, -0.15) is 12.7 Å². The van der Waals surface area contributed by atoms with E-state index in [0.29, 0.717) is 26.1 Å². The van der Waals surface area contributed by atoms with Gasteiger partial charge in [0.05, 0.1) is 0 Å². The van der Waals surface area contributed by atoms with E-state index in [1.165, 1.54) is 5.56 Å². The molecule has 0 aliphatic carbocycles. The van der Waals surface area contributed by atoms with E-state index in [2.05, 4.69) is 26.4 Å². The van der Waals surface area contributed by atoms with Crippen molar-refractivity contribution in [1.29, 1.82) is 0 Å². The number of hydrogen-bond acceptors (Lipinski definition) is 3. The minimum Gasteiger partial charge on any atom is -0.330 e. The molecule has 0 radical (unpaired) electrons. The smallest absolute Gasteiger partial charge is 0.279 e. The molecule has 7 heteroatoms. The van der Waals surface area contributed by atoms with E-state index >= 15 is 0 Å². The van der Waals surface area contributed by atoms with Gasteiger partial charge < -0.3 is 4.57 Å². The van der Waals surface area contributed by atoms with Gasteiger partial charge in [0.25, 0.3) is 10.2 Å². The first kappa shape index (κ1) is 17.1. The maximum absolute atomic E-state index is 12.3. The molecule has 1 saturated heterocycles. The van der Waals surface area contributed by atoms with E-state index in [4.69, 9.17) is 0 Å². The molecular formula is C17H24N4O2S. The van der Waals surface area contributed by atoms with Gasteiger partial charge >= 0.3 is 0 Å². The molecule has 130 valence electrons. The lowest BCUT2D eigenvalue weighted by Gasteiger charge is -2.25. The van der Waals surface area contributed by atoms with Gasteiger partial charge in [0.1, 0.15) is 5.82 Å². The molecule has 24 heavy (non-hydrogen) atoms. The Morgan fingerprint density at radius 3 is 2.58 bits per heavy atom. The highest BCUT2D eigenvalue weighted by Crippen LogP contribution is 2.12. The van der Waals surface area contributed by atoms with Gasteiger partial charge in [-0.1, -0.05) is 36.8 Å². The van der Waals surface area contributed by atoms with Crippen molar-refractivity contribution < 1.29 is 8.42 Å². The highest BCUT2D eigenvalue weighted by molar-refractivity contribution is 7.87. The van der Waals surface area contributed by atoms with Crippen LogP contribution in [0.15, 0.2) is 42.7 Å². The summed E-state index contributed by atoms with van der Waals surface area (Å²) in [5, 5.41) is 0. The van der Waals surface area contributed by atoms with Crippen molar-refractivity contribution in [3.05, 3.63) is 54.1 Å². The summed E-state index contributed by atoms with van der Waals surface area (Å²) < 4.78 is 30.9. The van der Waals surface area contributed by atoms with Crippen LogP contribution < -0.4 is 4.72 Å².